The molecule has 0 amide bonds. The van der Waals surface area contributed by atoms with Crippen molar-refractivity contribution in [1.82, 2.24) is 19.9 Å². The molecule has 0 atom stereocenters. The summed E-state index contributed by atoms with van der Waals surface area (Å²) in [4.78, 5) is 0. The average Bonchev–Trinajstić information content (AvgIpc) is 3.34. The molecule has 0 saturated carbocycles. The number of para-hydroxylation sites is 1. The Labute approximate surface area is 171 Å². The first kappa shape index (κ1) is 19.2. The molecular formula is C21H19FN4O2S. The summed E-state index contributed by atoms with van der Waals surface area (Å²) in [5, 5.41) is 13.2. The molecule has 4 rings (SSSR count). The summed E-state index contributed by atoms with van der Waals surface area (Å²) >= 11 is 1.42. The lowest BCUT2D eigenvalue weighted by atomic mass is 10.2. The van der Waals surface area contributed by atoms with Crippen LogP contribution in [0.3, 0.4) is 0 Å². The first-order valence-electron chi connectivity index (χ1n) is 9.14. The van der Waals surface area contributed by atoms with Crippen LogP contribution < -0.4 is 4.74 Å². The van der Waals surface area contributed by atoms with Gasteiger partial charge in [0.2, 0.25) is 0 Å². The number of aromatic nitrogens is 4. The number of aryl methyl sites for hydroxylation is 1. The summed E-state index contributed by atoms with van der Waals surface area (Å²) in [5.41, 5.74) is 1.99. The highest BCUT2D eigenvalue weighted by atomic mass is 32.2. The summed E-state index contributed by atoms with van der Waals surface area (Å²) in [5.74, 6) is 2.25. The second kappa shape index (κ2) is 8.48. The van der Waals surface area contributed by atoms with Crippen molar-refractivity contribution in [3.8, 4) is 22.8 Å². The van der Waals surface area contributed by atoms with Crippen LogP contribution in [0.1, 0.15) is 18.4 Å². The van der Waals surface area contributed by atoms with Crippen molar-refractivity contribution in [2.45, 2.75) is 24.8 Å². The van der Waals surface area contributed by atoms with Gasteiger partial charge in [-0.15, -0.1) is 10.2 Å². The molecule has 0 aliphatic heterocycles. The molecule has 8 heteroatoms. The molecule has 2 aromatic carbocycles. The summed E-state index contributed by atoms with van der Waals surface area (Å²) in [6.07, 6.45) is 0. The third-order valence-corrected chi connectivity index (χ3v) is 5.14. The number of nitrogens with zero attached hydrogens (tertiary/aromatic N) is 4. The largest absolute Gasteiger partial charge is 0.494 e. The van der Waals surface area contributed by atoms with Gasteiger partial charge in [0.05, 0.1) is 18.0 Å². The zero-order valence-electron chi connectivity index (χ0n) is 16.0. The molecule has 0 unspecified atom stereocenters. The Balaban J connectivity index is 1.73. The second-order valence-electron chi connectivity index (χ2n) is 6.27. The summed E-state index contributed by atoms with van der Waals surface area (Å²) < 4.78 is 27.0. The van der Waals surface area contributed by atoms with Crippen molar-refractivity contribution in [1.29, 1.82) is 0 Å². The van der Waals surface area contributed by atoms with E-state index in [1.807, 2.05) is 44.2 Å². The molecule has 4 aromatic rings. The van der Waals surface area contributed by atoms with Crippen LogP contribution in [-0.4, -0.2) is 26.5 Å². The molecule has 148 valence electrons. The normalized spacial score (nSPS) is 11.0. The fourth-order valence-corrected chi connectivity index (χ4v) is 3.72. The Bertz CT molecular complexity index is 1110. The van der Waals surface area contributed by atoms with Crippen LogP contribution in [0.15, 0.2) is 64.3 Å². The highest BCUT2D eigenvalue weighted by Gasteiger charge is 2.19. The molecule has 0 aliphatic carbocycles. The summed E-state index contributed by atoms with van der Waals surface area (Å²) in [6, 6.07) is 16.0. The quantitative estimate of drug-likeness (QED) is 0.397. The molecule has 0 bridgehead atoms. The minimum absolute atomic E-state index is 0.349. The van der Waals surface area contributed by atoms with Crippen molar-refractivity contribution in [2.24, 2.45) is 0 Å². The minimum atomic E-state index is -0.349. The van der Waals surface area contributed by atoms with E-state index in [1.54, 1.807) is 22.8 Å². The van der Waals surface area contributed by atoms with Crippen LogP contribution in [0.4, 0.5) is 4.39 Å². The second-order valence-corrected chi connectivity index (χ2v) is 7.21. The fraction of sp³-hybridized carbons (Fsp3) is 0.190. The number of benzene rings is 2. The smallest absolute Gasteiger partial charge is 0.196 e. The van der Waals surface area contributed by atoms with Crippen LogP contribution in [-0.2, 0) is 5.75 Å². The van der Waals surface area contributed by atoms with Gasteiger partial charge in [-0.25, -0.2) is 4.39 Å². The first-order chi connectivity index (χ1) is 14.2. The predicted octanol–water partition coefficient (Wildman–Crippen LogP) is 5.06. The fourth-order valence-electron chi connectivity index (χ4n) is 2.89. The van der Waals surface area contributed by atoms with Gasteiger partial charge in [0.15, 0.2) is 11.0 Å². The Kier molecular flexibility index (Phi) is 5.62. The molecule has 0 aliphatic rings. The number of hydrogen-bond acceptors (Lipinski definition) is 6. The van der Waals surface area contributed by atoms with Crippen LogP contribution in [0.2, 0.25) is 0 Å². The van der Waals surface area contributed by atoms with Gasteiger partial charge in [0.1, 0.15) is 17.3 Å². The van der Waals surface area contributed by atoms with E-state index in [9.17, 15) is 4.39 Å². The van der Waals surface area contributed by atoms with E-state index in [1.165, 1.54) is 17.8 Å². The van der Waals surface area contributed by atoms with E-state index in [-0.39, 0.29) is 5.82 Å². The van der Waals surface area contributed by atoms with Crippen LogP contribution in [0.5, 0.6) is 5.75 Å². The standard InChI is InChI=1S/C21H19FN4O2S/c1-3-27-17-10-8-15(9-11-17)20-23-24-21(29-13-16-12-14(2)28-25-16)26(20)19-7-5-4-6-18(19)22/h4-12H,3,13H2,1-2H3. The minimum Gasteiger partial charge on any atom is -0.494 e. The Morgan fingerprint density at radius 3 is 2.59 bits per heavy atom. The monoisotopic (exact) mass is 410 g/mol. The third-order valence-electron chi connectivity index (χ3n) is 4.18. The molecule has 2 aromatic heterocycles. The Hall–Kier alpha value is -3.13. The summed E-state index contributed by atoms with van der Waals surface area (Å²) in [6.45, 7) is 4.36. The van der Waals surface area contributed by atoms with E-state index in [0.29, 0.717) is 29.0 Å². The third kappa shape index (κ3) is 4.17. The molecule has 6 nitrogen and oxygen atoms in total. The molecule has 0 radical (unpaired) electrons. The van der Waals surface area contributed by atoms with Gasteiger partial charge in [-0.1, -0.05) is 29.1 Å². The first-order valence-corrected chi connectivity index (χ1v) is 10.1. The number of hydrogen-bond donors (Lipinski definition) is 0. The van der Waals surface area contributed by atoms with Crippen LogP contribution in [0.25, 0.3) is 17.1 Å². The van der Waals surface area contributed by atoms with Gasteiger partial charge in [-0.2, -0.15) is 0 Å². The molecular weight excluding hydrogens is 391 g/mol. The summed E-state index contributed by atoms with van der Waals surface area (Å²) in [7, 11) is 0. The van der Waals surface area contributed by atoms with E-state index in [4.69, 9.17) is 9.26 Å². The molecule has 0 N–H and O–H groups in total. The maximum Gasteiger partial charge on any atom is 0.196 e. The van der Waals surface area contributed by atoms with Gasteiger partial charge in [-0.05, 0) is 50.2 Å². The SMILES string of the molecule is CCOc1ccc(-c2nnc(SCc3cc(C)on3)n2-c2ccccc2F)cc1. The van der Waals surface area contributed by atoms with Crippen LogP contribution in [0, 0.1) is 12.7 Å². The maximum absolute atomic E-state index is 14.6. The molecule has 0 saturated heterocycles. The highest BCUT2D eigenvalue weighted by molar-refractivity contribution is 7.98. The highest BCUT2D eigenvalue weighted by Crippen LogP contribution is 2.31. The predicted molar refractivity (Wildman–Crippen MR) is 109 cm³/mol. The molecule has 2 heterocycles. The van der Waals surface area contributed by atoms with Gasteiger partial charge in [0, 0.05) is 17.4 Å². The van der Waals surface area contributed by atoms with E-state index in [0.717, 1.165) is 22.8 Å². The van der Waals surface area contributed by atoms with Gasteiger partial charge < -0.3 is 9.26 Å². The number of thioether (sulfide) groups is 1. The lowest BCUT2D eigenvalue weighted by Crippen LogP contribution is -2.02. The van der Waals surface area contributed by atoms with E-state index in [2.05, 4.69) is 15.4 Å². The zero-order chi connectivity index (χ0) is 20.2. The van der Waals surface area contributed by atoms with Gasteiger partial charge >= 0.3 is 0 Å². The Morgan fingerprint density at radius 2 is 1.90 bits per heavy atom. The number of rotatable bonds is 7. The topological polar surface area (TPSA) is 66.0 Å². The molecule has 0 spiro atoms. The number of ether oxygens (including phenoxy) is 1. The van der Waals surface area contributed by atoms with Crippen molar-refractivity contribution in [3.05, 3.63) is 71.9 Å². The average molecular weight is 410 g/mol. The van der Waals surface area contributed by atoms with Crippen molar-refractivity contribution in [2.75, 3.05) is 6.61 Å². The Morgan fingerprint density at radius 1 is 1.10 bits per heavy atom. The van der Waals surface area contributed by atoms with E-state index >= 15 is 0 Å². The molecule has 0 fully saturated rings. The molecule has 29 heavy (non-hydrogen) atoms. The number of halogens is 1. The zero-order valence-corrected chi connectivity index (χ0v) is 16.8. The maximum atomic E-state index is 14.6. The van der Waals surface area contributed by atoms with Crippen molar-refractivity contribution < 1.29 is 13.7 Å². The van der Waals surface area contributed by atoms with Crippen molar-refractivity contribution >= 4 is 11.8 Å². The van der Waals surface area contributed by atoms with Gasteiger partial charge in [0.25, 0.3) is 0 Å². The lowest BCUT2D eigenvalue weighted by Gasteiger charge is -2.11. The lowest BCUT2D eigenvalue weighted by molar-refractivity contribution is 0.340. The van der Waals surface area contributed by atoms with Gasteiger partial charge in [-0.3, -0.25) is 4.57 Å². The van der Waals surface area contributed by atoms with Crippen molar-refractivity contribution in [3.63, 3.8) is 0 Å². The van der Waals surface area contributed by atoms with Crippen LogP contribution >= 0.6 is 11.8 Å². The van der Waals surface area contributed by atoms with E-state index < -0.39 is 0 Å².